The monoisotopic (exact) mass is 320 g/mol. The van der Waals surface area contributed by atoms with Gasteiger partial charge in [-0.25, -0.2) is 24.0 Å². The number of pyridine rings is 1. The summed E-state index contributed by atoms with van der Waals surface area (Å²) in [6.07, 6.45) is 3.65. The van der Waals surface area contributed by atoms with Gasteiger partial charge in [-0.15, -0.1) is 0 Å². The Labute approximate surface area is 108 Å². The average Bonchev–Trinajstić information content (AvgIpc) is 3.10. The molecule has 1 fully saturated rings. The second-order valence-corrected chi connectivity index (χ2v) is 6.59. The van der Waals surface area contributed by atoms with E-state index in [0.29, 0.717) is 16.9 Å². The lowest BCUT2D eigenvalue weighted by Crippen LogP contribution is -2.27. The molecule has 0 amide bonds. The number of rotatable bonds is 5. The van der Waals surface area contributed by atoms with Gasteiger partial charge in [-0.05, 0) is 40.8 Å². The molecular formula is C9H13BrN4O2S. The van der Waals surface area contributed by atoms with Crippen LogP contribution in [-0.4, -0.2) is 19.9 Å². The van der Waals surface area contributed by atoms with Crippen LogP contribution in [0.5, 0.6) is 0 Å². The minimum atomic E-state index is -3.57. The molecule has 0 saturated heterocycles. The molecule has 0 aliphatic heterocycles. The van der Waals surface area contributed by atoms with Crippen molar-refractivity contribution in [2.24, 2.45) is 11.8 Å². The molecule has 1 aromatic rings. The lowest BCUT2D eigenvalue weighted by molar-refractivity contribution is 0.577. The summed E-state index contributed by atoms with van der Waals surface area (Å²) in [5.41, 5.74) is 2.28. The molecule has 1 heterocycles. The Balaban J connectivity index is 2.26. The quantitative estimate of drug-likeness (QED) is 0.551. The van der Waals surface area contributed by atoms with Crippen LogP contribution in [0.4, 0.5) is 5.82 Å². The van der Waals surface area contributed by atoms with Crippen molar-refractivity contribution in [2.45, 2.75) is 17.7 Å². The SMILES string of the molecule is NNc1ncc(Br)cc1S(=O)(=O)NCC1CC1. The number of sulfonamides is 1. The van der Waals surface area contributed by atoms with E-state index in [0.717, 1.165) is 12.8 Å². The Morgan fingerprint density at radius 1 is 1.53 bits per heavy atom. The molecule has 0 bridgehead atoms. The van der Waals surface area contributed by atoms with Crippen LogP contribution in [0.15, 0.2) is 21.6 Å². The summed E-state index contributed by atoms with van der Waals surface area (Å²) in [5, 5.41) is 0. The highest BCUT2D eigenvalue weighted by atomic mass is 79.9. The number of anilines is 1. The molecular weight excluding hydrogens is 308 g/mol. The van der Waals surface area contributed by atoms with Crippen molar-refractivity contribution in [1.82, 2.24) is 9.71 Å². The smallest absolute Gasteiger partial charge is 0.244 e. The second kappa shape index (κ2) is 4.89. The number of aromatic nitrogens is 1. The van der Waals surface area contributed by atoms with E-state index in [-0.39, 0.29) is 10.7 Å². The molecule has 1 saturated carbocycles. The van der Waals surface area contributed by atoms with Gasteiger partial charge in [-0.1, -0.05) is 0 Å². The van der Waals surface area contributed by atoms with E-state index in [2.05, 4.69) is 31.1 Å². The molecule has 2 rings (SSSR count). The molecule has 0 radical (unpaired) electrons. The summed E-state index contributed by atoms with van der Waals surface area (Å²) < 4.78 is 27.2. The molecule has 17 heavy (non-hydrogen) atoms. The number of nitrogens with one attached hydrogen (secondary N) is 2. The van der Waals surface area contributed by atoms with E-state index in [4.69, 9.17) is 5.84 Å². The Morgan fingerprint density at radius 3 is 2.82 bits per heavy atom. The average molecular weight is 321 g/mol. The van der Waals surface area contributed by atoms with Crippen LogP contribution in [-0.2, 0) is 10.0 Å². The Kier molecular flexibility index (Phi) is 3.67. The molecule has 1 aromatic heterocycles. The van der Waals surface area contributed by atoms with Gasteiger partial charge >= 0.3 is 0 Å². The Bertz CT molecular complexity index is 516. The highest BCUT2D eigenvalue weighted by Gasteiger charge is 2.26. The minimum absolute atomic E-state index is 0.0509. The first-order valence-corrected chi connectivity index (χ1v) is 7.42. The van der Waals surface area contributed by atoms with E-state index in [1.807, 2.05) is 0 Å². The van der Waals surface area contributed by atoms with Gasteiger partial charge in [0.05, 0.1) is 0 Å². The highest BCUT2D eigenvalue weighted by molar-refractivity contribution is 9.10. The van der Waals surface area contributed by atoms with Gasteiger partial charge in [0.1, 0.15) is 4.90 Å². The predicted octanol–water partition coefficient (Wildman–Crippen LogP) is 0.818. The van der Waals surface area contributed by atoms with Crippen LogP contribution in [0.2, 0.25) is 0 Å². The van der Waals surface area contributed by atoms with Crippen molar-refractivity contribution >= 4 is 31.8 Å². The van der Waals surface area contributed by atoms with E-state index in [1.54, 1.807) is 0 Å². The third-order valence-electron chi connectivity index (χ3n) is 2.50. The maximum Gasteiger partial charge on any atom is 0.244 e. The first kappa shape index (κ1) is 12.7. The van der Waals surface area contributed by atoms with Crippen molar-refractivity contribution in [3.63, 3.8) is 0 Å². The Hall–Kier alpha value is -0.700. The van der Waals surface area contributed by atoms with Crippen molar-refractivity contribution in [2.75, 3.05) is 12.0 Å². The molecule has 0 spiro atoms. The maximum absolute atomic E-state index is 12.0. The second-order valence-electron chi connectivity index (χ2n) is 3.94. The van der Waals surface area contributed by atoms with Gasteiger partial charge < -0.3 is 5.43 Å². The topological polar surface area (TPSA) is 97.1 Å². The van der Waals surface area contributed by atoms with Crippen LogP contribution < -0.4 is 16.0 Å². The van der Waals surface area contributed by atoms with Gasteiger partial charge in [0.2, 0.25) is 10.0 Å². The molecule has 0 unspecified atom stereocenters. The predicted molar refractivity (Wildman–Crippen MR) is 67.7 cm³/mol. The molecule has 94 valence electrons. The van der Waals surface area contributed by atoms with Crippen LogP contribution in [0.3, 0.4) is 0 Å². The van der Waals surface area contributed by atoms with Gasteiger partial charge in [-0.3, -0.25) is 0 Å². The molecule has 6 nitrogen and oxygen atoms in total. The zero-order valence-electron chi connectivity index (χ0n) is 8.98. The van der Waals surface area contributed by atoms with Crippen LogP contribution in [0.1, 0.15) is 12.8 Å². The highest BCUT2D eigenvalue weighted by Crippen LogP contribution is 2.29. The maximum atomic E-state index is 12.0. The molecule has 0 aromatic carbocycles. The summed E-state index contributed by atoms with van der Waals surface area (Å²) in [4.78, 5) is 3.95. The molecule has 0 atom stereocenters. The number of nitrogens with two attached hydrogens (primary N) is 1. The first-order valence-electron chi connectivity index (χ1n) is 5.15. The van der Waals surface area contributed by atoms with Gasteiger partial charge in [-0.2, -0.15) is 0 Å². The van der Waals surface area contributed by atoms with Gasteiger partial charge in [0.25, 0.3) is 0 Å². The van der Waals surface area contributed by atoms with E-state index in [1.165, 1.54) is 12.3 Å². The van der Waals surface area contributed by atoms with Crippen molar-refractivity contribution in [3.8, 4) is 0 Å². The third kappa shape index (κ3) is 3.15. The number of nitrogen functional groups attached to an aromatic ring is 1. The number of hydrogen-bond acceptors (Lipinski definition) is 5. The summed E-state index contributed by atoms with van der Waals surface area (Å²) in [5.74, 6) is 5.85. The summed E-state index contributed by atoms with van der Waals surface area (Å²) >= 11 is 3.19. The zero-order valence-corrected chi connectivity index (χ0v) is 11.4. The summed E-state index contributed by atoms with van der Waals surface area (Å²) in [6, 6.07) is 1.47. The largest absolute Gasteiger partial charge is 0.307 e. The standard InChI is InChI=1S/C9H13BrN4O2S/c10-7-3-8(9(14-11)12-5-7)17(15,16)13-4-6-1-2-6/h3,5-6,13H,1-2,4,11H2,(H,12,14). The van der Waals surface area contributed by atoms with E-state index < -0.39 is 10.0 Å². The fraction of sp³-hybridized carbons (Fsp3) is 0.444. The van der Waals surface area contributed by atoms with Crippen molar-refractivity contribution < 1.29 is 8.42 Å². The summed E-state index contributed by atoms with van der Waals surface area (Å²) in [7, 11) is -3.57. The van der Waals surface area contributed by atoms with E-state index >= 15 is 0 Å². The van der Waals surface area contributed by atoms with Gasteiger partial charge in [0.15, 0.2) is 5.82 Å². The van der Waals surface area contributed by atoms with Crippen molar-refractivity contribution in [3.05, 3.63) is 16.7 Å². The van der Waals surface area contributed by atoms with Gasteiger partial charge in [0, 0.05) is 17.2 Å². The van der Waals surface area contributed by atoms with E-state index in [9.17, 15) is 8.42 Å². The number of halogens is 1. The molecule has 1 aliphatic carbocycles. The summed E-state index contributed by atoms with van der Waals surface area (Å²) in [6.45, 7) is 0.471. The lowest BCUT2D eigenvalue weighted by atomic mass is 10.4. The molecule has 1 aliphatic rings. The molecule has 8 heteroatoms. The zero-order chi connectivity index (χ0) is 12.5. The number of hydrogen-bond donors (Lipinski definition) is 3. The van der Waals surface area contributed by atoms with Crippen LogP contribution in [0, 0.1) is 5.92 Å². The van der Waals surface area contributed by atoms with Crippen LogP contribution in [0.25, 0.3) is 0 Å². The fourth-order valence-electron chi connectivity index (χ4n) is 1.36. The number of nitrogens with zero attached hydrogens (tertiary/aromatic N) is 1. The third-order valence-corrected chi connectivity index (χ3v) is 4.38. The minimum Gasteiger partial charge on any atom is -0.307 e. The fourth-order valence-corrected chi connectivity index (χ4v) is 3.10. The van der Waals surface area contributed by atoms with Crippen molar-refractivity contribution in [1.29, 1.82) is 0 Å². The first-order chi connectivity index (χ1) is 8.03. The molecule has 4 N–H and O–H groups in total. The lowest BCUT2D eigenvalue weighted by Gasteiger charge is -2.10. The number of hydrazine groups is 1. The van der Waals surface area contributed by atoms with Crippen LogP contribution >= 0.6 is 15.9 Å². The Morgan fingerprint density at radius 2 is 2.24 bits per heavy atom. The normalized spacial score (nSPS) is 15.9.